The Labute approximate surface area is 121 Å². The number of rotatable bonds is 3. The number of carbonyl (C=O) groups is 1. The Morgan fingerprint density at radius 1 is 1.05 bits per heavy atom. The molecule has 1 aromatic carbocycles. The molecule has 0 radical (unpaired) electrons. The standard InChI is InChI=1S/C17H24O3/c1-11-9-14(20-6)12(10-13(11)19-5)17(4)8-7-15(18)16(17,2)3/h9-10H,7-8H2,1-6H3. The molecule has 0 heterocycles. The molecule has 0 spiro atoms. The molecular formula is C17H24O3. The molecule has 1 aliphatic carbocycles. The van der Waals surface area contributed by atoms with Gasteiger partial charge in [-0.2, -0.15) is 0 Å². The van der Waals surface area contributed by atoms with E-state index in [9.17, 15) is 4.79 Å². The molecule has 1 aliphatic rings. The van der Waals surface area contributed by atoms with E-state index < -0.39 is 0 Å². The van der Waals surface area contributed by atoms with Crippen LogP contribution in [0.4, 0.5) is 0 Å². The fourth-order valence-electron chi connectivity index (χ4n) is 3.25. The second kappa shape index (κ2) is 4.80. The van der Waals surface area contributed by atoms with Crippen molar-refractivity contribution >= 4 is 5.78 Å². The van der Waals surface area contributed by atoms with Crippen LogP contribution in [-0.2, 0) is 10.2 Å². The Balaban J connectivity index is 2.65. The van der Waals surface area contributed by atoms with Crippen molar-refractivity contribution in [3.8, 4) is 11.5 Å². The molecule has 1 saturated carbocycles. The lowest BCUT2D eigenvalue weighted by molar-refractivity contribution is -0.125. The van der Waals surface area contributed by atoms with Gasteiger partial charge in [-0.15, -0.1) is 0 Å². The van der Waals surface area contributed by atoms with E-state index in [-0.39, 0.29) is 10.8 Å². The lowest BCUT2D eigenvalue weighted by atomic mass is 9.64. The highest BCUT2D eigenvalue weighted by Crippen LogP contribution is 2.54. The summed E-state index contributed by atoms with van der Waals surface area (Å²) >= 11 is 0. The Bertz CT molecular complexity index is 545. The van der Waals surface area contributed by atoms with Crippen molar-refractivity contribution in [2.45, 2.75) is 46.0 Å². The van der Waals surface area contributed by atoms with Crippen LogP contribution >= 0.6 is 0 Å². The van der Waals surface area contributed by atoms with Crippen molar-refractivity contribution in [1.82, 2.24) is 0 Å². The predicted molar refractivity (Wildman–Crippen MR) is 79.7 cm³/mol. The number of hydrogen-bond acceptors (Lipinski definition) is 3. The van der Waals surface area contributed by atoms with E-state index in [4.69, 9.17) is 9.47 Å². The molecule has 1 atom stereocenters. The van der Waals surface area contributed by atoms with Crippen molar-refractivity contribution in [2.24, 2.45) is 5.41 Å². The Morgan fingerprint density at radius 2 is 1.65 bits per heavy atom. The van der Waals surface area contributed by atoms with Crippen LogP contribution in [-0.4, -0.2) is 20.0 Å². The summed E-state index contributed by atoms with van der Waals surface area (Å²) in [5.41, 5.74) is 1.49. The molecule has 0 bridgehead atoms. The molecule has 3 heteroatoms. The van der Waals surface area contributed by atoms with Crippen LogP contribution in [0.2, 0.25) is 0 Å². The van der Waals surface area contributed by atoms with Gasteiger partial charge in [0.25, 0.3) is 0 Å². The molecule has 0 amide bonds. The van der Waals surface area contributed by atoms with Crippen LogP contribution in [0.5, 0.6) is 11.5 Å². The first-order chi connectivity index (χ1) is 9.27. The second-order valence-electron chi connectivity index (χ2n) is 6.40. The minimum atomic E-state index is -0.388. The van der Waals surface area contributed by atoms with E-state index in [1.807, 2.05) is 32.9 Å². The number of ketones is 1. The molecule has 1 fully saturated rings. The average Bonchev–Trinajstić information content (AvgIpc) is 2.62. The van der Waals surface area contributed by atoms with Gasteiger partial charge in [0.1, 0.15) is 17.3 Å². The summed E-state index contributed by atoms with van der Waals surface area (Å²) in [6.45, 7) is 8.23. The monoisotopic (exact) mass is 276 g/mol. The van der Waals surface area contributed by atoms with Crippen molar-refractivity contribution in [3.05, 3.63) is 23.3 Å². The lowest BCUT2D eigenvalue weighted by Crippen LogP contribution is -2.38. The highest BCUT2D eigenvalue weighted by atomic mass is 16.5. The summed E-state index contributed by atoms with van der Waals surface area (Å²) in [6, 6.07) is 4.03. The first-order valence-electron chi connectivity index (χ1n) is 7.04. The van der Waals surface area contributed by atoms with Gasteiger partial charge in [-0.25, -0.2) is 0 Å². The van der Waals surface area contributed by atoms with E-state index in [1.54, 1.807) is 14.2 Å². The number of Topliss-reactive ketones (excluding diaryl/α,β-unsaturated/α-hetero) is 1. The predicted octanol–water partition coefficient (Wildman–Crippen LogP) is 3.66. The Kier molecular flexibility index (Phi) is 3.57. The fourth-order valence-corrected chi connectivity index (χ4v) is 3.25. The first kappa shape index (κ1) is 14.9. The topological polar surface area (TPSA) is 35.5 Å². The molecule has 0 aromatic heterocycles. The van der Waals surface area contributed by atoms with Crippen molar-refractivity contribution < 1.29 is 14.3 Å². The van der Waals surface area contributed by atoms with E-state index in [0.29, 0.717) is 12.2 Å². The summed E-state index contributed by atoms with van der Waals surface area (Å²) < 4.78 is 11.0. The van der Waals surface area contributed by atoms with Gasteiger partial charge in [-0.3, -0.25) is 4.79 Å². The number of benzene rings is 1. The highest BCUT2D eigenvalue weighted by Gasteiger charge is 2.53. The summed E-state index contributed by atoms with van der Waals surface area (Å²) in [4.78, 5) is 12.2. The smallest absolute Gasteiger partial charge is 0.139 e. The van der Waals surface area contributed by atoms with Crippen LogP contribution in [0.15, 0.2) is 12.1 Å². The molecular weight excluding hydrogens is 252 g/mol. The summed E-state index contributed by atoms with van der Waals surface area (Å²) in [5.74, 6) is 2.01. The van der Waals surface area contributed by atoms with E-state index in [2.05, 4.69) is 6.92 Å². The zero-order chi connectivity index (χ0) is 15.1. The van der Waals surface area contributed by atoms with Gasteiger partial charge in [0.05, 0.1) is 14.2 Å². The Hall–Kier alpha value is -1.51. The van der Waals surface area contributed by atoms with Crippen LogP contribution in [0.3, 0.4) is 0 Å². The Morgan fingerprint density at radius 3 is 2.10 bits per heavy atom. The summed E-state index contributed by atoms with van der Waals surface area (Å²) in [7, 11) is 3.35. The summed E-state index contributed by atoms with van der Waals surface area (Å²) in [5, 5.41) is 0. The lowest BCUT2D eigenvalue weighted by Gasteiger charge is -2.38. The van der Waals surface area contributed by atoms with Gasteiger partial charge >= 0.3 is 0 Å². The van der Waals surface area contributed by atoms with Gasteiger partial charge in [0.2, 0.25) is 0 Å². The highest BCUT2D eigenvalue weighted by molar-refractivity contribution is 5.89. The maximum absolute atomic E-state index is 12.2. The number of aryl methyl sites for hydroxylation is 1. The minimum Gasteiger partial charge on any atom is -0.496 e. The SMILES string of the molecule is COc1cc(C2(C)CCC(=O)C2(C)C)c(OC)cc1C. The maximum Gasteiger partial charge on any atom is 0.139 e. The van der Waals surface area contributed by atoms with Crippen molar-refractivity contribution in [2.75, 3.05) is 14.2 Å². The number of methoxy groups -OCH3 is 2. The molecule has 1 aromatic rings. The quantitative estimate of drug-likeness (QED) is 0.845. The third-order valence-corrected chi connectivity index (χ3v) is 5.24. The largest absolute Gasteiger partial charge is 0.496 e. The van der Waals surface area contributed by atoms with Crippen LogP contribution in [0, 0.1) is 12.3 Å². The molecule has 0 N–H and O–H groups in total. The number of carbonyl (C=O) groups excluding carboxylic acids is 1. The van der Waals surface area contributed by atoms with Gasteiger partial charge < -0.3 is 9.47 Å². The van der Waals surface area contributed by atoms with Crippen LogP contribution < -0.4 is 9.47 Å². The van der Waals surface area contributed by atoms with Crippen LogP contribution in [0.25, 0.3) is 0 Å². The second-order valence-corrected chi connectivity index (χ2v) is 6.40. The molecule has 20 heavy (non-hydrogen) atoms. The first-order valence-corrected chi connectivity index (χ1v) is 7.04. The minimum absolute atomic E-state index is 0.226. The van der Waals surface area contributed by atoms with Gasteiger partial charge in [0.15, 0.2) is 0 Å². The zero-order valence-electron chi connectivity index (χ0n) is 13.3. The molecule has 0 saturated heterocycles. The molecule has 0 aliphatic heterocycles. The van der Waals surface area contributed by atoms with Gasteiger partial charge in [-0.05, 0) is 31.0 Å². The van der Waals surface area contributed by atoms with Crippen LogP contribution in [0.1, 0.15) is 44.7 Å². The van der Waals surface area contributed by atoms with Crippen molar-refractivity contribution in [1.29, 1.82) is 0 Å². The fraction of sp³-hybridized carbons (Fsp3) is 0.588. The number of hydrogen-bond donors (Lipinski definition) is 0. The maximum atomic E-state index is 12.2. The van der Waals surface area contributed by atoms with Gasteiger partial charge in [0, 0.05) is 22.8 Å². The normalized spacial score (nSPS) is 24.8. The molecule has 2 rings (SSSR count). The van der Waals surface area contributed by atoms with Crippen molar-refractivity contribution in [3.63, 3.8) is 0 Å². The third kappa shape index (κ3) is 1.91. The van der Waals surface area contributed by atoms with E-state index in [0.717, 1.165) is 29.0 Å². The molecule has 3 nitrogen and oxygen atoms in total. The average molecular weight is 276 g/mol. The van der Waals surface area contributed by atoms with Gasteiger partial charge in [-0.1, -0.05) is 20.8 Å². The third-order valence-electron chi connectivity index (χ3n) is 5.24. The van der Waals surface area contributed by atoms with E-state index in [1.165, 1.54) is 0 Å². The van der Waals surface area contributed by atoms with E-state index >= 15 is 0 Å². The zero-order valence-corrected chi connectivity index (χ0v) is 13.3. The molecule has 1 unspecified atom stereocenters. The number of ether oxygens (including phenoxy) is 2. The summed E-state index contributed by atoms with van der Waals surface area (Å²) in [6.07, 6.45) is 1.48. The molecule has 110 valence electrons.